The predicted molar refractivity (Wildman–Crippen MR) is 98.2 cm³/mol. The number of primary amides is 1. The van der Waals surface area contributed by atoms with Gasteiger partial charge < -0.3 is 16.4 Å². The molecule has 0 aliphatic heterocycles. The number of urea groups is 1. The number of carbonyl (C=O) groups is 1. The molecule has 2 aromatic heterocycles. The van der Waals surface area contributed by atoms with E-state index in [4.69, 9.17) is 5.73 Å². The van der Waals surface area contributed by atoms with Crippen LogP contribution >= 0.6 is 11.3 Å². The fourth-order valence-corrected chi connectivity index (χ4v) is 3.05. The van der Waals surface area contributed by atoms with Gasteiger partial charge in [0.1, 0.15) is 5.82 Å². The number of para-hydroxylation sites is 1. The fraction of sp³-hybridized carbons (Fsp3) is 0.235. The molecule has 2 heterocycles. The van der Waals surface area contributed by atoms with Crippen molar-refractivity contribution in [3.05, 3.63) is 41.8 Å². The minimum atomic E-state index is -0.481. The maximum atomic E-state index is 10.6. The summed E-state index contributed by atoms with van der Waals surface area (Å²) in [6.07, 6.45) is 1.77. The molecule has 7 heteroatoms. The molecule has 0 bridgehead atoms. The second-order valence-corrected chi connectivity index (χ2v) is 6.26. The van der Waals surface area contributed by atoms with E-state index in [-0.39, 0.29) is 0 Å². The molecular formula is C17H19N5OS. The van der Waals surface area contributed by atoms with Crippen LogP contribution in [0.15, 0.2) is 41.8 Å². The average Bonchev–Trinajstić information content (AvgIpc) is 3.12. The maximum Gasteiger partial charge on any atom is 0.312 e. The Morgan fingerprint density at radius 1 is 1.08 bits per heavy atom. The molecule has 24 heavy (non-hydrogen) atoms. The lowest BCUT2D eigenvalue weighted by atomic mass is 10.2. The van der Waals surface area contributed by atoms with Gasteiger partial charge in [0.15, 0.2) is 5.82 Å². The largest absolute Gasteiger partial charge is 0.369 e. The van der Waals surface area contributed by atoms with E-state index >= 15 is 0 Å². The van der Waals surface area contributed by atoms with Crippen LogP contribution in [0.25, 0.3) is 21.6 Å². The van der Waals surface area contributed by atoms with Gasteiger partial charge in [-0.25, -0.2) is 14.8 Å². The molecule has 0 atom stereocenters. The van der Waals surface area contributed by atoms with Gasteiger partial charge in [0.05, 0.1) is 10.4 Å². The molecule has 4 N–H and O–H groups in total. The lowest BCUT2D eigenvalue weighted by Gasteiger charge is -2.10. The topological polar surface area (TPSA) is 92.9 Å². The maximum absolute atomic E-state index is 10.6. The first kappa shape index (κ1) is 16.2. The molecule has 3 rings (SSSR count). The number of hydrogen-bond donors (Lipinski definition) is 3. The molecule has 3 aromatic rings. The molecule has 0 fully saturated rings. The van der Waals surface area contributed by atoms with E-state index in [1.807, 2.05) is 41.8 Å². The first-order valence-corrected chi connectivity index (χ1v) is 8.70. The van der Waals surface area contributed by atoms with Gasteiger partial charge in [0.2, 0.25) is 0 Å². The smallest absolute Gasteiger partial charge is 0.312 e. The number of fused-ring (bicyclic) bond motifs is 1. The van der Waals surface area contributed by atoms with E-state index in [2.05, 4.69) is 20.6 Å². The molecule has 1 aromatic carbocycles. The van der Waals surface area contributed by atoms with E-state index < -0.39 is 6.03 Å². The Hall–Kier alpha value is -2.67. The lowest BCUT2D eigenvalue weighted by Crippen LogP contribution is -2.30. The van der Waals surface area contributed by atoms with Crippen molar-refractivity contribution in [2.45, 2.75) is 12.8 Å². The number of anilines is 1. The van der Waals surface area contributed by atoms with Gasteiger partial charge in [-0.1, -0.05) is 18.2 Å². The van der Waals surface area contributed by atoms with Crippen LogP contribution in [0.3, 0.4) is 0 Å². The summed E-state index contributed by atoms with van der Waals surface area (Å²) in [7, 11) is 0. The first-order valence-electron chi connectivity index (χ1n) is 7.82. The second-order valence-electron chi connectivity index (χ2n) is 5.32. The van der Waals surface area contributed by atoms with Gasteiger partial charge in [-0.3, -0.25) is 0 Å². The van der Waals surface area contributed by atoms with E-state index in [0.717, 1.165) is 46.8 Å². The highest BCUT2D eigenvalue weighted by Gasteiger charge is 2.09. The SMILES string of the molecule is NC(=O)NCCCCNc1nc(-c2cccs2)nc2ccccc12. The summed E-state index contributed by atoms with van der Waals surface area (Å²) >= 11 is 1.63. The van der Waals surface area contributed by atoms with E-state index in [1.165, 1.54) is 0 Å². The number of amides is 2. The van der Waals surface area contributed by atoms with Crippen molar-refractivity contribution in [3.8, 4) is 10.7 Å². The molecule has 0 aliphatic carbocycles. The van der Waals surface area contributed by atoms with Gasteiger partial charge in [-0.2, -0.15) is 0 Å². The molecule has 0 saturated heterocycles. The Labute approximate surface area is 144 Å². The third-order valence-electron chi connectivity index (χ3n) is 3.54. The van der Waals surface area contributed by atoms with Gasteiger partial charge in [-0.15, -0.1) is 11.3 Å². The number of nitrogens with one attached hydrogen (secondary N) is 2. The summed E-state index contributed by atoms with van der Waals surface area (Å²) in [5, 5.41) is 9.00. The normalized spacial score (nSPS) is 10.7. The zero-order valence-corrected chi connectivity index (χ0v) is 14.0. The Morgan fingerprint density at radius 2 is 1.92 bits per heavy atom. The molecule has 0 saturated carbocycles. The Morgan fingerprint density at radius 3 is 2.71 bits per heavy atom. The van der Waals surface area contributed by atoms with Crippen molar-refractivity contribution in [3.63, 3.8) is 0 Å². The summed E-state index contributed by atoms with van der Waals surface area (Å²) in [6.45, 7) is 1.35. The van der Waals surface area contributed by atoms with Crippen LogP contribution in [-0.4, -0.2) is 29.1 Å². The third-order valence-corrected chi connectivity index (χ3v) is 4.41. The zero-order chi connectivity index (χ0) is 16.8. The van der Waals surface area contributed by atoms with E-state index in [1.54, 1.807) is 11.3 Å². The van der Waals surface area contributed by atoms with Crippen LogP contribution < -0.4 is 16.4 Å². The van der Waals surface area contributed by atoms with Crippen molar-refractivity contribution in [1.82, 2.24) is 15.3 Å². The van der Waals surface area contributed by atoms with Crippen LogP contribution in [0.2, 0.25) is 0 Å². The summed E-state index contributed by atoms with van der Waals surface area (Å²) < 4.78 is 0. The van der Waals surface area contributed by atoms with Gasteiger partial charge in [-0.05, 0) is 36.4 Å². The number of nitrogens with two attached hydrogens (primary N) is 1. The van der Waals surface area contributed by atoms with Crippen molar-refractivity contribution >= 4 is 34.1 Å². The second kappa shape index (κ2) is 7.74. The third kappa shape index (κ3) is 3.99. The van der Waals surface area contributed by atoms with Crippen LogP contribution in [0.5, 0.6) is 0 Å². The highest BCUT2D eigenvalue weighted by atomic mass is 32.1. The van der Waals surface area contributed by atoms with Crippen LogP contribution in [0, 0.1) is 0 Å². The Bertz CT molecular complexity index is 819. The minimum Gasteiger partial charge on any atom is -0.369 e. The zero-order valence-electron chi connectivity index (χ0n) is 13.2. The van der Waals surface area contributed by atoms with Gasteiger partial charge >= 0.3 is 6.03 Å². The fourth-order valence-electron chi connectivity index (χ4n) is 2.40. The summed E-state index contributed by atoms with van der Waals surface area (Å²) in [5.41, 5.74) is 5.97. The first-order chi connectivity index (χ1) is 11.7. The molecule has 124 valence electrons. The van der Waals surface area contributed by atoms with E-state index in [0.29, 0.717) is 6.54 Å². The standard InChI is InChI=1S/C17H19N5OS/c18-17(23)20-10-4-3-9-19-15-12-6-1-2-7-13(12)21-16(22-15)14-8-5-11-24-14/h1-2,5-8,11H,3-4,9-10H2,(H3,18,20,23)(H,19,21,22). The summed E-state index contributed by atoms with van der Waals surface area (Å²) in [5.74, 6) is 1.58. The number of aromatic nitrogens is 2. The highest BCUT2D eigenvalue weighted by Crippen LogP contribution is 2.27. The average molecular weight is 341 g/mol. The number of nitrogens with zero attached hydrogens (tertiary/aromatic N) is 2. The number of benzene rings is 1. The number of thiophene rings is 1. The van der Waals surface area contributed by atoms with E-state index in [9.17, 15) is 4.79 Å². The summed E-state index contributed by atoms with van der Waals surface area (Å²) in [4.78, 5) is 21.0. The van der Waals surface area contributed by atoms with Gasteiger partial charge in [0.25, 0.3) is 0 Å². The Balaban J connectivity index is 1.72. The number of rotatable bonds is 7. The van der Waals surface area contributed by atoms with Crippen molar-refractivity contribution in [2.75, 3.05) is 18.4 Å². The summed E-state index contributed by atoms with van der Waals surface area (Å²) in [6, 6.07) is 11.5. The predicted octanol–water partition coefficient (Wildman–Crippen LogP) is 3.22. The number of unbranched alkanes of at least 4 members (excludes halogenated alkanes) is 1. The van der Waals surface area contributed by atoms with Crippen LogP contribution in [0.4, 0.5) is 10.6 Å². The molecule has 0 radical (unpaired) electrons. The number of hydrogen-bond acceptors (Lipinski definition) is 5. The quantitative estimate of drug-likeness (QED) is 0.575. The number of carbonyl (C=O) groups excluding carboxylic acids is 1. The van der Waals surface area contributed by atoms with Crippen molar-refractivity contribution in [1.29, 1.82) is 0 Å². The minimum absolute atomic E-state index is 0.481. The molecule has 6 nitrogen and oxygen atoms in total. The molecule has 0 aliphatic rings. The monoisotopic (exact) mass is 341 g/mol. The molecule has 0 unspecified atom stereocenters. The van der Waals surface area contributed by atoms with Crippen molar-refractivity contribution < 1.29 is 4.79 Å². The highest BCUT2D eigenvalue weighted by molar-refractivity contribution is 7.13. The van der Waals surface area contributed by atoms with Crippen LogP contribution in [-0.2, 0) is 0 Å². The molecule has 0 spiro atoms. The molecule has 2 amide bonds. The lowest BCUT2D eigenvalue weighted by molar-refractivity contribution is 0.249. The van der Waals surface area contributed by atoms with Gasteiger partial charge in [0, 0.05) is 18.5 Å². The van der Waals surface area contributed by atoms with Crippen molar-refractivity contribution in [2.24, 2.45) is 5.73 Å². The Kier molecular flexibility index (Phi) is 5.22. The molecular weight excluding hydrogens is 322 g/mol. The van der Waals surface area contributed by atoms with Crippen LogP contribution in [0.1, 0.15) is 12.8 Å².